The second-order valence-electron chi connectivity index (χ2n) is 6.99. The topological polar surface area (TPSA) is 44.7 Å². The SMILES string of the molecule is CC(NC(=O)c1cccs1)C1CN=C(c2ccccc2)c2ccccc2N1C. The predicted molar refractivity (Wildman–Crippen MR) is 117 cm³/mol. The largest absolute Gasteiger partial charge is 0.367 e. The number of carbonyl (C=O) groups excluding carboxylic acids is 1. The number of para-hydroxylation sites is 1. The molecule has 4 nitrogen and oxygen atoms in total. The number of nitrogens with one attached hydrogen (secondary N) is 1. The summed E-state index contributed by atoms with van der Waals surface area (Å²) in [5.41, 5.74) is 4.36. The lowest BCUT2D eigenvalue weighted by Crippen LogP contribution is -2.50. The van der Waals surface area contributed by atoms with Crippen molar-refractivity contribution in [2.75, 3.05) is 18.5 Å². The van der Waals surface area contributed by atoms with Gasteiger partial charge in [0.05, 0.1) is 23.2 Å². The minimum Gasteiger partial charge on any atom is -0.367 e. The summed E-state index contributed by atoms with van der Waals surface area (Å²) in [5, 5.41) is 5.08. The van der Waals surface area contributed by atoms with Gasteiger partial charge in [0.2, 0.25) is 0 Å². The molecule has 142 valence electrons. The molecule has 2 atom stereocenters. The lowest BCUT2D eigenvalue weighted by molar-refractivity contribution is 0.0939. The highest BCUT2D eigenvalue weighted by Crippen LogP contribution is 2.28. The van der Waals surface area contributed by atoms with Gasteiger partial charge in [-0.2, -0.15) is 0 Å². The highest BCUT2D eigenvalue weighted by molar-refractivity contribution is 7.12. The number of anilines is 1. The fraction of sp³-hybridized carbons (Fsp3) is 0.217. The molecule has 1 aromatic heterocycles. The number of fused-ring (bicyclic) bond motifs is 1. The third kappa shape index (κ3) is 3.58. The Morgan fingerprint density at radius 1 is 1.11 bits per heavy atom. The van der Waals surface area contributed by atoms with Gasteiger partial charge in [0, 0.05) is 29.9 Å². The molecule has 0 saturated carbocycles. The number of hydrogen-bond acceptors (Lipinski definition) is 4. The van der Waals surface area contributed by atoms with Gasteiger partial charge in [0.25, 0.3) is 5.91 Å². The Hall–Kier alpha value is -2.92. The highest BCUT2D eigenvalue weighted by atomic mass is 32.1. The maximum atomic E-state index is 12.5. The molecule has 1 amide bonds. The molecule has 0 fully saturated rings. The summed E-state index contributed by atoms with van der Waals surface area (Å²) >= 11 is 1.46. The number of amides is 1. The number of carbonyl (C=O) groups is 1. The fourth-order valence-electron chi connectivity index (χ4n) is 3.67. The predicted octanol–water partition coefficient (Wildman–Crippen LogP) is 4.22. The molecule has 28 heavy (non-hydrogen) atoms. The first-order chi connectivity index (χ1) is 13.6. The van der Waals surface area contributed by atoms with Gasteiger partial charge < -0.3 is 10.2 Å². The number of likely N-dealkylation sites (N-methyl/N-ethyl adjacent to an activating group) is 1. The molecule has 3 aromatic rings. The number of aliphatic imine (C=N–C) groups is 1. The molecule has 2 aromatic carbocycles. The normalized spacial score (nSPS) is 17.3. The van der Waals surface area contributed by atoms with Crippen LogP contribution in [0, 0.1) is 0 Å². The van der Waals surface area contributed by atoms with Crippen LogP contribution >= 0.6 is 11.3 Å². The van der Waals surface area contributed by atoms with Crippen molar-refractivity contribution in [1.82, 2.24) is 5.32 Å². The van der Waals surface area contributed by atoms with E-state index in [4.69, 9.17) is 4.99 Å². The van der Waals surface area contributed by atoms with E-state index in [2.05, 4.69) is 54.5 Å². The van der Waals surface area contributed by atoms with E-state index in [1.54, 1.807) is 0 Å². The van der Waals surface area contributed by atoms with Gasteiger partial charge in [0.15, 0.2) is 0 Å². The molecule has 2 heterocycles. The summed E-state index contributed by atoms with van der Waals surface area (Å²) in [5.74, 6) is -0.0271. The molecule has 0 saturated heterocycles. The number of benzodiazepines with no additional fused rings is 1. The van der Waals surface area contributed by atoms with E-state index in [0.717, 1.165) is 27.4 Å². The maximum Gasteiger partial charge on any atom is 0.261 e. The lowest BCUT2D eigenvalue weighted by atomic mass is 10.00. The molecule has 5 heteroatoms. The third-order valence-corrected chi connectivity index (χ3v) is 6.07. The molecule has 1 N–H and O–H groups in total. The van der Waals surface area contributed by atoms with Crippen LogP contribution in [-0.2, 0) is 0 Å². The van der Waals surface area contributed by atoms with Crippen molar-refractivity contribution in [3.63, 3.8) is 0 Å². The van der Waals surface area contributed by atoms with Crippen LogP contribution in [0.1, 0.15) is 27.7 Å². The van der Waals surface area contributed by atoms with E-state index in [0.29, 0.717) is 6.54 Å². The average molecular weight is 390 g/mol. The Labute approximate surface area is 169 Å². The molecular formula is C23H23N3OS. The standard InChI is InChI=1S/C23H23N3OS/c1-16(25-23(27)21-13-8-14-28-21)20-15-24-22(17-9-4-3-5-10-17)18-11-6-7-12-19(18)26(20)2/h3-14,16,20H,15H2,1-2H3,(H,25,27). The van der Waals surface area contributed by atoms with Crippen LogP contribution in [0.4, 0.5) is 5.69 Å². The molecule has 0 aliphatic carbocycles. The van der Waals surface area contributed by atoms with E-state index >= 15 is 0 Å². The molecule has 1 aliphatic heterocycles. The van der Waals surface area contributed by atoms with Crippen molar-refractivity contribution in [3.05, 3.63) is 88.1 Å². The maximum absolute atomic E-state index is 12.5. The first-order valence-corrected chi connectivity index (χ1v) is 10.3. The third-order valence-electron chi connectivity index (χ3n) is 5.20. The number of benzene rings is 2. The molecular weight excluding hydrogens is 366 g/mol. The Morgan fingerprint density at radius 3 is 2.61 bits per heavy atom. The summed E-state index contributed by atoms with van der Waals surface area (Å²) < 4.78 is 0. The summed E-state index contributed by atoms with van der Waals surface area (Å²) in [6, 6.07) is 22.4. The smallest absolute Gasteiger partial charge is 0.261 e. The van der Waals surface area contributed by atoms with E-state index < -0.39 is 0 Å². The van der Waals surface area contributed by atoms with Crippen LogP contribution in [0.3, 0.4) is 0 Å². The van der Waals surface area contributed by atoms with Gasteiger partial charge in [-0.05, 0) is 24.4 Å². The van der Waals surface area contributed by atoms with E-state index in [1.165, 1.54) is 11.3 Å². The van der Waals surface area contributed by atoms with E-state index in [9.17, 15) is 4.79 Å². The van der Waals surface area contributed by atoms with Crippen molar-refractivity contribution in [2.45, 2.75) is 19.0 Å². The monoisotopic (exact) mass is 389 g/mol. The van der Waals surface area contributed by atoms with E-state index in [1.807, 2.05) is 41.8 Å². The summed E-state index contributed by atoms with van der Waals surface area (Å²) in [6.07, 6.45) is 0. The number of rotatable bonds is 4. The van der Waals surface area contributed by atoms with Crippen molar-refractivity contribution in [2.24, 2.45) is 4.99 Å². The lowest BCUT2D eigenvalue weighted by Gasteiger charge is -2.33. The van der Waals surface area contributed by atoms with Gasteiger partial charge in [-0.15, -0.1) is 11.3 Å². The van der Waals surface area contributed by atoms with Crippen molar-refractivity contribution in [3.8, 4) is 0 Å². The van der Waals surface area contributed by atoms with Gasteiger partial charge in [0.1, 0.15) is 0 Å². The molecule has 0 bridgehead atoms. The minimum absolute atomic E-state index is 0.0271. The van der Waals surface area contributed by atoms with Gasteiger partial charge in [-0.25, -0.2) is 0 Å². The summed E-state index contributed by atoms with van der Waals surface area (Å²) in [4.78, 5) is 20.5. The van der Waals surface area contributed by atoms with Crippen molar-refractivity contribution >= 4 is 28.6 Å². The zero-order valence-electron chi connectivity index (χ0n) is 16.0. The minimum atomic E-state index is -0.0495. The Kier molecular flexibility index (Phi) is 5.26. The van der Waals surface area contributed by atoms with Crippen LogP contribution in [-0.4, -0.2) is 37.3 Å². The fourth-order valence-corrected chi connectivity index (χ4v) is 4.30. The summed E-state index contributed by atoms with van der Waals surface area (Å²) in [7, 11) is 2.08. The van der Waals surface area contributed by atoms with Crippen LogP contribution in [0.5, 0.6) is 0 Å². The molecule has 1 aliphatic rings. The van der Waals surface area contributed by atoms with E-state index in [-0.39, 0.29) is 18.0 Å². The van der Waals surface area contributed by atoms with Crippen LogP contribution in [0.25, 0.3) is 0 Å². The quantitative estimate of drug-likeness (QED) is 0.726. The molecule has 4 rings (SSSR count). The number of thiophene rings is 1. The second-order valence-corrected chi connectivity index (χ2v) is 7.94. The average Bonchev–Trinajstić information content (AvgIpc) is 3.22. The zero-order chi connectivity index (χ0) is 19.5. The molecule has 0 radical (unpaired) electrons. The second kappa shape index (κ2) is 7.98. The Morgan fingerprint density at radius 2 is 1.86 bits per heavy atom. The molecule has 2 unspecified atom stereocenters. The van der Waals surface area contributed by atoms with Gasteiger partial charge in [-0.3, -0.25) is 9.79 Å². The first-order valence-electron chi connectivity index (χ1n) is 9.41. The first kappa shape index (κ1) is 18.4. The number of hydrogen-bond donors (Lipinski definition) is 1. The van der Waals surface area contributed by atoms with Crippen molar-refractivity contribution < 1.29 is 4.79 Å². The van der Waals surface area contributed by atoms with Crippen LogP contribution < -0.4 is 10.2 Å². The van der Waals surface area contributed by atoms with Crippen LogP contribution in [0.2, 0.25) is 0 Å². The van der Waals surface area contributed by atoms with Crippen LogP contribution in [0.15, 0.2) is 77.1 Å². The molecule has 0 spiro atoms. The highest BCUT2D eigenvalue weighted by Gasteiger charge is 2.29. The van der Waals surface area contributed by atoms with Gasteiger partial charge in [-0.1, -0.05) is 54.6 Å². The number of nitrogens with zero attached hydrogens (tertiary/aromatic N) is 2. The van der Waals surface area contributed by atoms with Gasteiger partial charge >= 0.3 is 0 Å². The summed E-state index contributed by atoms with van der Waals surface area (Å²) in [6.45, 7) is 2.67. The van der Waals surface area contributed by atoms with Crippen molar-refractivity contribution in [1.29, 1.82) is 0 Å². The Bertz CT molecular complexity index is 982. The Balaban J connectivity index is 1.66. The zero-order valence-corrected chi connectivity index (χ0v) is 16.8.